The lowest BCUT2D eigenvalue weighted by Gasteiger charge is -2.23. The van der Waals surface area contributed by atoms with E-state index in [-0.39, 0.29) is 21.8 Å². The highest BCUT2D eigenvalue weighted by Crippen LogP contribution is 2.26. The van der Waals surface area contributed by atoms with E-state index in [4.69, 9.17) is 32.7 Å². The van der Waals surface area contributed by atoms with Gasteiger partial charge in [-0.2, -0.15) is 0 Å². The predicted octanol–water partition coefficient (Wildman–Crippen LogP) is 4.47. The van der Waals surface area contributed by atoms with Gasteiger partial charge in [0.05, 0.1) is 21.8 Å². The Bertz CT molecular complexity index is 1200. The molecule has 0 aliphatic rings. The van der Waals surface area contributed by atoms with Gasteiger partial charge in [0.2, 0.25) is 12.2 Å². The van der Waals surface area contributed by atoms with Crippen LogP contribution in [0.4, 0.5) is 5.69 Å². The Hall–Kier alpha value is -3.88. The lowest BCUT2D eigenvalue weighted by atomic mass is 10.1. The highest BCUT2D eigenvalue weighted by Gasteiger charge is 2.41. The van der Waals surface area contributed by atoms with Gasteiger partial charge in [-0.15, -0.1) is 0 Å². The normalized spacial score (nSPS) is 12.2. The van der Waals surface area contributed by atoms with E-state index in [0.29, 0.717) is 5.02 Å². The quantitative estimate of drug-likeness (QED) is 0.437. The van der Waals surface area contributed by atoms with E-state index in [1.807, 2.05) is 0 Å². The number of benzene rings is 3. The Balaban J connectivity index is 1.92. The Morgan fingerprint density at radius 2 is 1.24 bits per heavy atom. The minimum Gasteiger partial charge on any atom is -0.478 e. The van der Waals surface area contributed by atoms with Crippen molar-refractivity contribution in [1.82, 2.24) is 0 Å². The van der Waals surface area contributed by atoms with Crippen LogP contribution in [0.3, 0.4) is 0 Å². The molecule has 2 N–H and O–H groups in total. The van der Waals surface area contributed by atoms with Crippen LogP contribution in [0.2, 0.25) is 10.0 Å². The van der Waals surface area contributed by atoms with Crippen LogP contribution in [-0.2, 0) is 19.1 Å². The number of ether oxygens (including phenoxy) is 2. The van der Waals surface area contributed by atoms with Crippen molar-refractivity contribution in [2.24, 2.45) is 0 Å². The second-order valence-corrected chi connectivity index (χ2v) is 7.68. The minimum absolute atomic E-state index is 0.0445. The van der Waals surface area contributed by atoms with E-state index in [1.165, 1.54) is 42.5 Å². The Labute approximate surface area is 204 Å². The zero-order chi connectivity index (χ0) is 24.7. The molecule has 0 unspecified atom stereocenters. The van der Waals surface area contributed by atoms with Crippen molar-refractivity contribution in [2.75, 3.05) is 5.32 Å². The minimum atomic E-state index is -2.16. The molecule has 0 aliphatic carbocycles. The van der Waals surface area contributed by atoms with E-state index >= 15 is 0 Å². The number of hydrogen-bond donors (Lipinski definition) is 2. The molecule has 0 fully saturated rings. The number of carbonyl (C=O) groups excluding carboxylic acids is 3. The largest absolute Gasteiger partial charge is 0.478 e. The number of halogens is 2. The molecule has 174 valence electrons. The van der Waals surface area contributed by atoms with Gasteiger partial charge in [0.1, 0.15) is 0 Å². The van der Waals surface area contributed by atoms with Crippen LogP contribution in [0.25, 0.3) is 0 Å². The standard InChI is InChI=1S/C24H17Cl2NO7/c25-16-11-12-18(17(26)13-16)27-21(28)19(33-23(31)14-7-3-1-4-8-14)20(22(29)30)34-24(32)15-9-5-2-6-10-15/h1-13,19-20H,(H,27,28)(H,29,30)/t19-,20+/m0/s1. The molecule has 0 saturated heterocycles. The Kier molecular flexibility index (Phi) is 8.24. The zero-order valence-corrected chi connectivity index (χ0v) is 18.8. The molecule has 1 amide bonds. The van der Waals surface area contributed by atoms with E-state index < -0.39 is 36.0 Å². The van der Waals surface area contributed by atoms with Crippen LogP contribution in [0.5, 0.6) is 0 Å². The molecular formula is C24H17Cl2NO7. The maximum absolute atomic E-state index is 13.0. The van der Waals surface area contributed by atoms with Crippen LogP contribution in [-0.4, -0.2) is 41.1 Å². The van der Waals surface area contributed by atoms with Crippen molar-refractivity contribution < 1.29 is 33.8 Å². The third-order valence-electron chi connectivity index (χ3n) is 4.45. The average Bonchev–Trinajstić information content (AvgIpc) is 2.83. The van der Waals surface area contributed by atoms with Gasteiger partial charge in [-0.3, -0.25) is 4.79 Å². The fourth-order valence-corrected chi connectivity index (χ4v) is 3.26. The Morgan fingerprint density at radius 3 is 1.71 bits per heavy atom. The first kappa shape index (κ1) is 24.8. The third-order valence-corrected chi connectivity index (χ3v) is 5.00. The predicted molar refractivity (Wildman–Crippen MR) is 124 cm³/mol. The number of aliphatic carboxylic acids is 1. The number of carboxylic acid groups (broad SMARTS) is 1. The molecule has 0 bridgehead atoms. The molecule has 10 heteroatoms. The van der Waals surface area contributed by atoms with Crippen LogP contribution in [0.1, 0.15) is 20.7 Å². The first-order valence-electron chi connectivity index (χ1n) is 9.77. The summed E-state index contributed by atoms with van der Waals surface area (Å²) in [7, 11) is 0. The summed E-state index contributed by atoms with van der Waals surface area (Å²) >= 11 is 11.9. The molecule has 3 aromatic carbocycles. The van der Waals surface area contributed by atoms with Crippen LogP contribution in [0, 0.1) is 0 Å². The summed E-state index contributed by atoms with van der Waals surface area (Å²) in [5, 5.41) is 12.5. The number of hydrogen-bond acceptors (Lipinski definition) is 6. The van der Waals surface area contributed by atoms with Crippen molar-refractivity contribution in [3.05, 3.63) is 100 Å². The van der Waals surface area contributed by atoms with E-state index in [2.05, 4.69) is 5.32 Å². The first-order valence-corrected chi connectivity index (χ1v) is 10.5. The summed E-state index contributed by atoms with van der Waals surface area (Å²) in [5.74, 6) is -4.80. The molecule has 0 radical (unpaired) electrons. The Morgan fingerprint density at radius 1 is 0.735 bits per heavy atom. The van der Waals surface area contributed by atoms with Gasteiger partial charge in [-0.25, -0.2) is 14.4 Å². The number of carbonyl (C=O) groups is 4. The summed E-state index contributed by atoms with van der Waals surface area (Å²) in [6, 6.07) is 19.3. The van der Waals surface area contributed by atoms with Gasteiger partial charge in [0, 0.05) is 5.02 Å². The molecule has 2 atom stereocenters. The molecule has 3 rings (SSSR count). The summed E-state index contributed by atoms with van der Waals surface area (Å²) in [4.78, 5) is 50.2. The summed E-state index contributed by atoms with van der Waals surface area (Å²) < 4.78 is 10.3. The number of anilines is 1. The van der Waals surface area contributed by atoms with Crippen LogP contribution in [0.15, 0.2) is 78.9 Å². The highest BCUT2D eigenvalue weighted by molar-refractivity contribution is 6.36. The van der Waals surface area contributed by atoms with E-state index in [0.717, 1.165) is 0 Å². The average molecular weight is 502 g/mol. The maximum atomic E-state index is 13.0. The fraction of sp³-hybridized carbons (Fsp3) is 0.0833. The number of rotatable bonds is 8. The van der Waals surface area contributed by atoms with Crippen molar-refractivity contribution in [3.8, 4) is 0 Å². The summed E-state index contributed by atoms with van der Waals surface area (Å²) in [6.45, 7) is 0. The maximum Gasteiger partial charge on any atom is 0.349 e. The molecule has 8 nitrogen and oxygen atoms in total. The summed E-state index contributed by atoms with van der Waals surface area (Å²) in [5.41, 5.74) is 0.182. The summed E-state index contributed by atoms with van der Waals surface area (Å²) in [6.07, 6.45) is -4.21. The second kappa shape index (κ2) is 11.3. The number of amides is 1. The zero-order valence-electron chi connectivity index (χ0n) is 17.3. The third kappa shape index (κ3) is 6.34. The smallest absolute Gasteiger partial charge is 0.349 e. The molecular weight excluding hydrogens is 485 g/mol. The molecule has 0 heterocycles. The van der Waals surface area contributed by atoms with Gasteiger partial charge >= 0.3 is 17.9 Å². The lowest BCUT2D eigenvalue weighted by molar-refractivity contribution is -0.157. The molecule has 0 saturated carbocycles. The fourth-order valence-electron chi connectivity index (χ4n) is 2.80. The lowest BCUT2D eigenvalue weighted by Crippen LogP contribution is -2.48. The topological polar surface area (TPSA) is 119 Å². The van der Waals surface area contributed by atoms with Crippen molar-refractivity contribution in [2.45, 2.75) is 12.2 Å². The van der Waals surface area contributed by atoms with Crippen LogP contribution >= 0.6 is 23.2 Å². The highest BCUT2D eigenvalue weighted by atomic mass is 35.5. The van der Waals surface area contributed by atoms with Crippen molar-refractivity contribution in [3.63, 3.8) is 0 Å². The number of nitrogens with one attached hydrogen (secondary N) is 1. The molecule has 0 aliphatic heterocycles. The van der Waals surface area contributed by atoms with Gasteiger partial charge in [-0.1, -0.05) is 59.6 Å². The van der Waals surface area contributed by atoms with Crippen molar-refractivity contribution >= 4 is 52.7 Å². The second-order valence-electron chi connectivity index (χ2n) is 6.84. The van der Waals surface area contributed by atoms with Gasteiger partial charge in [0.15, 0.2) is 0 Å². The SMILES string of the molecule is O=C(O[C@H](C(=O)Nc1ccc(Cl)cc1Cl)[C@@H](OC(=O)c1ccccc1)C(=O)O)c1ccccc1. The van der Waals surface area contributed by atoms with Crippen molar-refractivity contribution in [1.29, 1.82) is 0 Å². The molecule has 0 aromatic heterocycles. The van der Waals surface area contributed by atoms with Gasteiger partial charge in [-0.05, 0) is 42.5 Å². The van der Waals surface area contributed by atoms with Crippen LogP contribution < -0.4 is 5.32 Å². The van der Waals surface area contributed by atoms with E-state index in [1.54, 1.807) is 36.4 Å². The van der Waals surface area contributed by atoms with Gasteiger partial charge in [0.25, 0.3) is 5.91 Å². The van der Waals surface area contributed by atoms with Gasteiger partial charge < -0.3 is 19.9 Å². The molecule has 0 spiro atoms. The number of carboxylic acids is 1. The molecule has 3 aromatic rings. The number of esters is 2. The van der Waals surface area contributed by atoms with E-state index in [9.17, 15) is 24.3 Å². The molecule has 34 heavy (non-hydrogen) atoms. The first-order chi connectivity index (χ1) is 16.3. The monoisotopic (exact) mass is 501 g/mol.